The molecule has 0 atom stereocenters. The molecule has 0 fully saturated rings. The van der Waals surface area contributed by atoms with Crippen molar-refractivity contribution in [3.63, 3.8) is 0 Å². The van der Waals surface area contributed by atoms with E-state index in [1.165, 1.54) is 29.3 Å². The number of anilines is 1. The van der Waals surface area contributed by atoms with Gasteiger partial charge in [-0.25, -0.2) is 12.8 Å². The summed E-state index contributed by atoms with van der Waals surface area (Å²) in [7, 11) is -2.36. The van der Waals surface area contributed by atoms with Crippen LogP contribution < -0.4 is 4.72 Å². The van der Waals surface area contributed by atoms with Gasteiger partial charge in [0, 0.05) is 31.4 Å². The lowest BCUT2D eigenvalue weighted by Gasteiger charge is -2.23. The van der Waals surface area contributed by atoms with Crippen LogP contribution in [0.4, 0.5) is 10.1 Å². The standard InChI is InChI=1S/C14H13ClFN3O3S/c1-18-4-5-19-8-10(7-13(19)14(18)20)23(21,22)17-12-3-2-9(15)6-11(12)16/h2-3,6-8,17H,4-5H2,1H3. The number of rotatable bonds is 3. The maximum absolute atomic E-state index is 13.8. The Kier molecular flexibility index (Phi) is 3.81. The van der Waals surface area contributed by atoms with Crippen molar-refractivity contribution in [2.75, 3.05) is 18.3 Å². The predicted molar refractivity (Wildman–Crippen MR) is 83.6 cm³/mol. The summed E-state index contributed by atoms with van der Waals surface area (Å²) < 4.78 is 42.3. The van der Waals surface area contributed by atoms with Crippen molar-refractivity contribution in [3.05, 3.63) is 47.0 Å². The maximum atomic E-state index is 13.8. The van der Waals surface area contributed by atoms with Gasteiger partial charge in [-0.05, 0) is 24.3 Å². The van der Waals surface area contributed by atoms with Crippen LogP contribution >= 0.6 is 11.6 Å². The van der Waals surface area contributed by atoms with Gasteiger partial charge in [0.1, 0.15) is 16.4 Å². The van der Waals surface area contributed by atoms with Crippen molar-refractivity contribution < 1.29 is 17.6 Å². The molecule has 23 heavy (non-hydrogen) atoms. The molecule has 0 aliphatic carbocycles. The number of hydrogen-bond donors (Lipinski definition) is 1. The van der Waals surface area contributed by atoms with Crippen LogP contribution in [-0.2, 0) is 16.6 Å². The van der Waals surface area contributed by atoms with Gasteiger partial charge in [0.05, 0.1) is 5.69 Å². The molecule has 0 saturated heterocycles. The molecule has 1 N–H and O–H groups in total. The number of nitrogens with one attached hydrogen (secondary N) is 1. The van der Waals surface area contributed by atoms with E-state index in [9.17, 15) is 17.6 Å². The number of carbonyl (C=O) groups excluding carboxylic acids is 1. The minimum atomic E-state index is -4.01. The lowest BCUT2D eigenvalue weighted by Crippen LogP contribution is -2.36. The summed E-state index contributed by atoms with van der Waals surface area (Å²) in [6, 6.07) is 4.92. The first kappa shape index (κ1) is 15.8. The van der Waals surface area contributed by atoms with Gasteiger partial charge in [0.15, 0.2) is 0 Å². The highest BCUT2D eigenvalue weighted by Gasteiger charge is 2.27. The first-order valence-electron chi connectivity index (χ1n) is 6.71. The normalized spacial score (nSPS) is 14.7. The van der Waals surface area contributed by atoms with Gasteiger partial charge >= 0.3 is 0 Å². The average molecular weight is 358 g/mol. The fourth-order valence-electron chi connectivity index (χ4n) is 2.33. The van der Waals surface area contributed by atoms with Crippen molar-refractivity contribution in [2.45, 2.75) is 11.4 Å². The van der Waals surface area contributed by atoms with Gasteiger partial charge in [0.25, 0.3) is 15.9 Å². The van der Waals surface area contributed by atoms with E-state index in [0.29, 0.717) is 13.1 Å². The summed E-state index contributed by atoms with van der Waals surface area (Å²) in [6.45, 7) is 1.00. The van der Waals surface area contributed by atoms with E-state index >= 15 is 0 Å². The Morgan fingerprint density at radius 2 is 2.00 bits per heavy atom. The molecule has 0 unspecified atom stereocenters. The quantitative estimate of drug-likeness (QED) is 0.915. The van der Waals surface area contributed by atoms with E-state index < -0.39 is 15.8 Å². The summed E-state index contributed by atoms with van der Waals surface area (Å²) in [5, 5.41) is 0.165. The molecule has 1 aliphatic rings. The predicted octanol–water partition coefficient (Wildman–Crippen LogP) is 2.17. The second kappa shape index (κ2) is 5.54. The Balaban J connectivity index is 1.95. The van der Waals surface area contributed by atoms with Gasteiger partial charge in [-0.15, -0.1) is 0 Å². The molecule has 1 aromatic carbocycles. The summed E-state index contributed by atoms with van der Waals surface area (Å²) in [5.74, 6) is -1.03. The van der Waals surface area contributed by atoms with E-state index in [-0.39, 0.29) is 27.2 Å². The molecule has 0 spiro atoms. The van der Waals surface area contributed by atoms with E-state index in [4.69, 9.17) is 11.6 Å². The number of nitrogens with zero attached hydrogens (tertiary/aromatic N) is 2. The second-order valence-electron chi connectivity index (χ2n) is 5.21. The Morgan fingerprint density at radius 3 is 2.70 bits per heavy atom. The van der Waals surface area contributed by atoms with Crippen molar-refractivity contribution in [1.29, 1.82) is 0 Å². The van der Waals surface area contributed by atoms with Crippen molar-refractivity contribution in [2.24, 2.45) is 0 Å². The van der Waals surface area contributed by atoms with Gasteiger partial charge in [-0.2, -0.15) is 0 Å². The summed E-state index contributed by atoms with van der Waals surface area (Å²) in [4.78, 5) is 13.4. The van der Waals surface area contributed by atoms with E-state index in [1.54, 1.807) is 11.6 Å². The fraction of sp³-hybridized carbons (Fsp3) is 0.214. The molecule has 2 aromatic rings. The Morgan fingerprint density at radius 1 is 1.26 bits per heavy atom. The van der Waals surface area contributed by atoms with E-state index in [0.717, 1.165) is 6.07 Å². The van der Waals surface area contributed by atoms with E-state index in [2.05, 4.69) is 4.72 Å². The van der Waals surface area contributed by atoms with Crippen LogP contribution in [0.15, 0.2) is 35.4 Å². The SMILES string of the molecule is CN1CCn2cc(S(=O)(=O)Nc3ccc(Cl)cc3F)cc2C1=O. The molecule has 9 heteroatoms. The van der Waals surface area contributed by atoms with Crippen LogP contribution in [0.25, 0.3) is 0 Å². The Hall–Kier alpha value is -2.06. The van der Waals surface area contributed by atoms with Crippen LogP contribution in [0, 0.1) is 5.82 Å². The Labute approximate surface area is 137 Å². The largest absolute Gasteiger partial charge is 0.340 e. The molecule has 122 valence electrons. The lowest BCUT2D eigenvalue weighted by molar-refractivity contribution is 0.0749. The average Bonchev–Trinajstić information content (AvgIpc) is 2.92. The molecular formula is C14H13ClFN3O3S. The van der Waals surface area contributed by atoms with E-state index in [1.807, 2.05) is 0 Å². The highest BCUT2D eigenvalue weighted by Crippen LogP contribution is 2.24. The number of amides is 1. The number of sulfonamides is 1. The first-order valence-corrected chi connectivity index (χ1v) is 8.57. The molecule has 0 saturated carbocycles. The Bertz CT molecular complexity index is 895. The maximum Gasteiger partial charge on any atom is 0.270 e. The highest BCUT2D eigenvalue weighted by atomic mass is 35.5. The molecule has 0 radical (unpaired) electrons. The number of benzene rings is 1. The molecule has 2 heterocycles. The lowest BCUT2D eigenvalue weighted by atomic mass is 10.3. The van der Waals surface area contributed by atoms with Crippen LogP contribution in [0.5, 0.6) is 0 Å². The zero-order valence-electron chi connectivity index (χ0n) is 12.1. The minimum absolute atomic E-state index is 0.0921. The van der Waals surface area contributed by atoms with Crippen LogP contribution in [0.3, 0.4) is 0 Å². The number of fused-ring (bicyclic) bond motifs is 1. The third kappa shape index (κ3) is 2.91. The topological polar surface area (TPSA) is 71.4 Å². The van der Waals surface area contributed by atoms with Gasteiger partial charge in [-0.1, -0.05) is 11.6 Å². The number of hydrogen-bond acceptors (Lipinski definition) is 3. The minimum Gasteiger partial charge on any atom is -0.340 e. The number of aromatic nitrogens is 1. The number of halogens is 2. The molecule has 0 bridgehead atoms. The molecule has 3 rings (SSSR count). The number of likely N-dealkylation sites (N-methyl/N-ethyl adjacent to an activating group) is 1. The zero-order valence-corrected chi connectivity index (χ0v) is 13.7. The van der Waals surface area contributed by atoms with Crippen LogP contribution in [0.2, 0.25) is 5.02 Å². The first-order chi connectivity index (χ1) is 10.8. The molecule has 1 aliphatic heterocycles. The fourth-order valence-corrected chi connectivity index (χ4v) is 3.59. The summed E-state index contributed by atoms with van der Waals surface area (Å²) >= 11 is 5.64. The second-order valence-corrected chi connectivity index (χ2v) is 7.33. The van der Waals surface area contributed by atoms with Crippen molar-refractivity contribution >= 4 is 33.2 Å². The van der Waals surface area contributed by atoms with Crippen LogP contribution in [-0.4, -0.2) is 37.4 Å². The third-order valence-corrected chi connectivity index (χ3v) is 5.17. The molecular weight excluding hydrogens is 345 g/mol. The third-order valence-electron chi connectivity index (χ3n) is 3.60. The summed E-state index contributed by atoms with van der Waals surface area (Å²) in [6.07, 6.45) is 1.37. The van der Waals surface area contributed by atoms with Gasteiger partial charge in [0.2, 0.25) is 0 Å². The smallest absolute Gasteiger partial charge is 0.270 e. The zero-order chi connectivity index (χ0) is 16.8. The molecule has 1 amide bonds. The van der Waals surface area contributed by atoms with Gasteiger partial charge < -0.3 is 9.47 Å². The van der Waals surface area contributed by atoms with Crippen molar-refractivity contribution in [3.8, 4) is 0 Å². The van der Waals surface area contributed by atoms with Crippen molar-refractivity contribution in [1.82, 2.24) is 9.47 Å². The molecule has 6 nitrogen and oxygen atoms in total. The van der Waals surface area contributed by atoms with Gasteiger partial charge in [-0.3, -0.25) is 9.52 Å². The molecule has 1 aromatic heterocycles. The number of carbonyl (C=O) groups is 1. The summed E-state index contributed by atoms with van der Waals surface area (Å²) in [5.41, 5.74) is 0.0812. The monoisotopic (exact) mass is 357 g/mol. The van der Waals surface area contributed by atoms with Crippen LogP contribution in [0.1, 0.15) is 10.5 Å². The highest BCUT2D eigenvalue weighted by molar-refractivity contribution is 7.92.